The molecule has 0 bridgehead atoms. The van der Waals surface area contributed by atoms with E-state index in [0.717, 1.165) is 58.2 Å². The molecule has 1 aromatic carbocycles. The van der Waals surface area contributed by atoms with Crippen molar-refractivity contribution >= 4 is 44.3 Å². The zero-order valence-corrected chi connectivity index (χ0v) is 18.3. The van der Waals surface area contributed by atoms with E-state index < -0.39 is 0 Å². The van der Waals surface area contributed by atoms with Crippen molar-refractivity contribution in [3.05, 3.63) is 42.7 Å². The number of hydrogen-bond donors (Lipinski definition) is 2. The van der Waals surface area contributed by atoms with Gasteiger partial charge in [0.15, 0.2) is 5.65 Å². The highest BCUT2D eigenvalue weighted by Crippen LogP contribution is 2.49. The Morgan fingerprint density at radius 1 is 1.19 bits per heavy atom. The van der Waals surface area contributed by atoms with E-state index in [1.54, 1.807) is 11.3 Å². The Labute approximate surface area is 188 Å². The van der Waals surface area contributed by atoms with Crippen molar-refractivity contribution in [3.8, 4) is 11.3 Å². The quantitative estimate of drug-likeness (QED) is 0.463. The van der Waals surface area contributed by atoms with Gasteiger partial charge in [-0.3, -0.25) is 4.79 Å². The summed E-state index contributed by atoms with van der Waals surface area (Å²) in [5.41, 5.74) is 11.7. The summed E-state index contributed by atoms with van der Waals surface area (Å²) in [6.45, 7) is 3.55. The fourth-order valence-electron chi connectivity index (χ4n) is 5.62. The van der Waals surface area contributed by atoms with Crippen LogP contribution in [0.2, 0.25) is 0 Å². The molecule has 9 heteroatoms. The number of benzene rings is 1. The third-order valence-corrected chi connectivity index (χ3v) is 7.78. The highest BCUT2D eigenvalue weighted by atomic mass is 32.1. The summed E-state index contributed by atoms with van der Waals surface area (Å²) in [6.07, 6.45) is 6.93. The molecule has 2 atom stereocenters. The summed E-state index contributed by atoms with van der Waals surface area (Å²) in [6, 6.07) is 6.67. The number of carbonyl (C=O) groups is 1. The molecule has 32 heavy (non-hydrogen) atoms. The molecule has 2 fully saturated rings. The Morgan fingerprint density at radius 2 is 2.00 bits per heavy atom. The van der Waals surface area contributed by atoms with Gasteiger partial charge >= 0.3 is 0 Å². The summed E-state index contributed by atoms with van der Waals surface area (Å²) in [7, 11) is 0. The van der Waals surface area contributed by atoms with Crippen molar-refractivity contribution in [2.45, 2.75) is 37.8 Å². The summed E-state index contributed by atoms with van der Waals surface area (Å²) < 4.78 is 3.18. The van der Waals surface area contributed by atoms with Gasteiger partial charge in [-0.15, -0.1) is 11.3 Å². The number of amides is 1. The number of thiazole rings is 1. The van der Waals surface area contributed by atoms with Crippen LogP contribution in [0.25, 0.3) is 32.5 Å². The maximum Gasteiger partial charge on any atom is 0.243 e. The van der Waals surface area contributed by atoms with Crippen LogP contribution in [0.15, 0.2) is 42.7 Å². The number of nitrogens with two attached hydrogens (primary N) is 1. The van der Waals surface area contributed by atoms with Crippen LogP contribution >= 0.6 is 11.3 Å². The second kappa shape index (κ2) is 7.37. The standard InChI is InChI=1S/C23H23N7OS/c1-2-19(31)28-15-5-13-7-16(8-14(13)6-15)30-23-20(22(24)25-10-26-23)21(29-30)12-3-4-17-18(9-12)32-11-27-17/h2-4,9-11,13-16H,1,5-8H2,(H,28,31)(H2,24,25,26). The molecule has 2 saturated carbocycles. The Kier molecular flexibility index (Phi) is 4.46. The van der Waals surface area contributed by atoms with Gasteiger partial charge in [0.2, 0.25) is 5.91 Å². The molecule has 0 spiro atoms. The minimum absolute atomic E-state index is 0.0840. The summed E-state index contributed by atoms with van der Waals surface area (Å²) >= 11 is 1.61. The van der Waals surface area contributed by atoms with Crippen molar-refractivity contribution in [1.29, 1.82) is 0 Å². The molecule has 8 nitrogen and oxygen atoms in total. The molecular formula is C23H23N7OS. The number of nitrogens with zero attached hydrogens (tertiary/aromatic N) is 5. The molecule has 3 aromatic heterocycles. The highest BCUT2D eigenvalue weighted by molar-refractivity contribution is 7.16. The number of carbonyl (C=O) groups excluding carboxylic acids is 1. The van der Waals surface area contributed by atoms with Gasteiger partial charge in [0.1, 0.15) is 17.8 Å². The summed E-state index contributed by atoms with van der Waals surface area (Å²) in [5, 5.41) is 8.91. The lowest BCUT2D eigenvalue weighted by molar-refractivity contribution is -0.117. The average molecular weight is 446 g/mol. The van der Waals surface area contributed by atoms with E-state index in [4.69, 9.17) is 10.8 Å². The lowest BCUT2D eigenvalue weighted by Gasteiger charge is -2.16. The van der Waals surface area contributed by atoms with E-state index in [1.165, 1.54) is 12.4 Å². The summed E-state index contributed by atoms with van der Waals surface area (Å²) in [5.74, 6) is 1.52. The molecule has 162 valence electrons. The molecule has 0 saturated heterocycles. The predicted molar refractivity (Wildman–Crippen MR) is 125 cm³/mol. The molecule has 2 unspecified atom stereocenters. The van der Waals surface area contributed by atoms with Crippen molar-refractivity contribution in [2.24, 2.45) is 11.8 Å². The number of nitrogens with one attached hydrogen (secondary N) is 1. The first kappa shape index (κ1) is 19.4. The van der Waals surface area contributed by atoms with Crippen molar-refractivity contribution < 1.29 is 4.79 Å². The fourth-order valence-corrected chi connectivity index (χ4v) is 6.33. The second-order valence-corrected chi connectivity index (χ2v) is 9.70. The molecule has 6 rings (SSSR count). The van der Waals surface area contributed by atoms with Gasteiger partial charge in [0.25, 0.3) is 0 Å². The zero-order chi connectivity index (χ0) is 21.8. The predicted octanol–water partition coefficient (Wildman–Crippen LogP) is 3.72. The third-order valence-electron chi connectivity index (χ3n) is 6.99. The fraction of sp³-hybridized carbons (Fsp3) is 0.348. The first-order valence-electron chi connectivity index (χ1n) is 10.9. The molecular weight excluding hydrogens is 422 g/mol. The molecule has 3 N–H and O–H groups in total. The topological polar surface area (TPSA) is 112 Å². The van der Waals surface area contributed by atoms with Crippen molar-refractivity contribution in [3.63, 3.8) is 0 Å². The first-order chi connectivity index (χ1) is 15.6. The van der Waals surface area contributed by atoms with E-state index >= 15 is 0 Å². The Balaban J connectivity index is 1.34. The number of nitrogen functional groups attached to an aromatic ring is 1. The Morgan fingerprint density at radius 3 is 2.78 bits per heavy atom. The van der Waals surface area contributed by atoms with Gasteiger partial charge in [-0.1, -0.05) is 12.6 Å². The molecule has 2 aliphatic rings. The summed E-state index contributed by atoms with van der Waals surface area (Å²) in [4.78, 5) is 24.9. The van der Waals surface area contributed by atoms with Crippen LogP contribution in [0.4, 0.5) is 5.82 Å². The van der Waals surface area contributed by atoms with Crippen LogP contribution in [-0.2, 0) is 4.79 Å². The van der Waals surface area contributed by atoms with Crippen LogP contribution in [0, 0.1) is 11.8 Å². The highest BCUT2D eigenvalue weighted by Gasteiger charge is 2.43. The molecule has 0 radical (unpaired) electrons. The van der Waals surface area contributed by atoms with Crippen LogP contribution < -0.4 is 11.1 Å². The van der Waals surface area contributed by atoms with Crippen LogP contribution in [-0.4, -0.2) is 36.7 Å². The third kappa shape index (κ3) is 3.07. The first-order valence-corrected chi connectivity index (χ1v) is 11.7. The zero-order valence-electron chi connectivity index (χ0n) is 17.4. The number of aromatic nitrogens is 5. The minimum atomic E-state index is -0.0840. The maximum absolute atomic E-state index is 11.7. The molecule has 2 aliphatic carbocycles. The van der Waals surface area contributed by atoms with E-state index in [2.05, 4.69) is 37.6 Å². The van der Waals surface area contributed by atoms with E-state index in [-0.39, 0.29) is 18.0 Å². The molecule has 1 amide bonds. The monoisotopic (exact) mass is 445 g/mol. The van der Waals surface area contributed by atoms with E-state index in [9.17, 15) is 4.79 Å². The Hall–Kier alpha value is -3.33. The van der Waals surface area contributed by atoms with Gasteiger partial charge in [-0.05, 0) is 55.7 Å². The van der Waals surface area contributed by atoms with Gasteiger partial charge in [0.05, 0.1) is 27.2 Å². The van der Waals surface area contributed by atoms with Crippen molar-refractivity contribution in [2.75, 3.05) is 5.73 Å². The number of rotatable bonds is 4. The maximum atomic E-state index is 11.7. The normalized spacial score (nSPS) is 24.8. The molecule has 0 aliphatic heterocycles. The van der Waals surface area contributed by atoms with Gasteiger partial charge in [-0.25, -0.2) is 19.6 Å². The van der Waals surface area contributed by atoms with E-state index in [1.807, 2.05) is 17.6 Å². The van der Waals surface area contributed by atoms with Gasteiger partial charge in [-0.2, -0.15) is 5.10 Å². The van der Waals surface area contributed by atoms with Gasteiger partial charge < -0.3 is 11.1 Å². The van der Waals surface area contributed by atoms with Gasteiger partial charge in [0, 0.05) is 11.6 Å². The molecule has 3 heterocycles. The number of hydrogen-bond acceptors (Lipinski definition) is 7. The van der Waals surface area contributed by atoms with Crippen molar-refractivity contribution in [1.82, 2.24) is 30.0 Å². The smallest absolute Gasteiger partial charge is 0.243 e. The van der Waals surface area contributed by atoms with Crippen LogP contribution in [0.1, 0.15) is 31.7 Å². The number of anilines is 1. The average Bonchev–Trinajstić information content (AvgIpc) is 3.54. The lowest BCUT2D eigenvalue weighted by atomic mass is 10.0. The lowest BCUT2D eigenvalue weighted by Crippen LogP contribution is -2.32. The molecule has 4 aromatic rings. The largest absolute Gasteiger partial charge is 0.383 e. The van der Waals surface area contributed by atoms with E-state index in [0.29, 0.717) is 17.7 Å². The minimum Gasteiger partial charge on any atom is -0.383 e. The second-order valence-electron chi connectivity index (χ2n) is 8.81. The number of fused-ring (bicyclic) bond motifs is 3. The van der Waals surface area contributed by atoms with Crippen LogP contribution in [0.3, 0.4) is 0 Å². The van der Waals surface area contributed by atoms with Crippen LogP contribution in [0.5, 0.6) is 0 Å². The SMILES string of the molecule is C=CC(=O)NC1CC2CC(n3nc(-c4ccc5ncsc5c4)c4c(N)ncnc43)CC2C1. The Bertz CT molecular complexity index is 1350.